The highest BCUT2D eigenvalue weighted by Crippen LogP contribution is 2.41. The second kappa shape index (κ2) is 16.8. The predicted molar refractivity (Wildman–Crippen MR) is 178 cm³/mol. The van der Waals surface area contributed by atoms with Gasteiger partial charge in [-0.2, -0.15) is 0 Å². The average molecular weight is 559 g/mol. The molecule has 0 aromatic heterocycles. The van der Waals surface area contributed by atoms with Crippen LogP contribution in [0.5, 0.6) is 5.75 Å². The third kappa shape index (κ3) is 10.3. The lowest BCUT2D eigenvalue weighted by molar-refractivity contribution is -0.151. The lowest BCUT2D eigenvalue weighted by Gasteiger charge is -2.40. The number of hydrogen-bond donors (Lipinski definition) is 0. The zero-order chi connectivity index (χ0) is 30.5. The molecule has 0 N–H and O–H groups in total. The van der Waals surface area contributed by atoms with E-state index in [4.69, 9.17) is 9.47 Å². The zero-order valence-corrected chi connectivity index (χ0v) is 27.7. The first-order valence-electron chi connectivity index (χ1n) is 16.0. The summed E-state index contributed by atoms with van der Waals surface area (Å²) in [4.78, 5) is 0. The van der Waals surface area contributed by atoms with E-state index in [9.17, 15) is 0 Å². The predicted octanol–water partition coefficient (Wildman–Crippen LogP) is 11.6. The summed E-state index contributed by atoms with van der Waals surface area (Å²) in [5.74, 6) is 2.20. The molecule has 0 aliphatic carbocycles. The van der Waals surface area contributed by atoms with Crippen LogP contribution >= 0.6 is 0 Å². The van der Waals surface area contributed by atoms with Crippen molar-refractivity contribution in [3.05, 3.63) is 102 Å². The van der Waals surface area contributed by atoms with Gasteiger partial charge >= 0.3 is 0 Å². The third-order valence-corrected chi connectivity index (χ3v) is 7.75. The largest absolute Gasteiger partial charge is 0.464 e. The van der Waals surface area contributed by atoms with Gasteiger partial charge in [-0.25, -0.2) is 0 Å². The molecule has 0 heterocycles. The Morgan fingerprint density at radius 1 is 0.634 bits per heavy atom. The van der Waals surface area contributed by atoms with Gasteiger partial charge in [0.2, 0.25) is 6.29 Å². The Balaban J connectivity index is 0.00000138. The Labute approximate surface area is 252 Å². The fraction of sp³-hybridized carbons (Fsp3) is 0.538. The fourth-order valence-corrected chi connectivity index (χ4v) is 5.45. The second-order valence-electron chi connectivity index (χ2n) is 13.3. The van der Waals surface area contributed by atoms with Crippen LogP contribution in [-0.2, 0) is 10.2 Å². The summed E-state index contributed by atoms with van der Waals surface area (Å²) in [5.41, 5.74) is 3.48. The molecule has 0 bridgehead atoms. The molecule has 0 spiro atoms. The van der Waals surface area contributed by atoms with Crippen molar-refractivity contribution in [2.24, 2.45) is 11.3 Å². The summed E-state index contributed by atoms with van der Waals surface area (Å²) in [6.07, 6.45) is 5.07. The van der Waals surface area contributed by atoms with Crippen LogP contribution in [0.15, 0.2) is 84.9 Å². The third-order valence-electron chi connectivity index (χ3n) is 7.75. The minimum absolute atomic E-state index is 0.135. The van der Waals surface area contributed by atoms with Gasteiger partial charge in [-0.3, -0.25) is 0 Å². The van der Waals surface area contributed by atoms with Gasteiger partial charge < -0.3 is 9.47 Å². The molecule has 3 atom stereocenters. The lowest BCUT2D eigenvalue weighted by atomic mass is 9.74. The Morgan fingerprint density at radius 3 is 1.49 bits per heavy atom. The Kier molecular flexibility index (Phi) is 14.2. The van der Waals surface area contributed by atoms with Crippen LogP contribution in [0.2, 0.25) is 0 Å². The van der Waals surface area contributed by atoms with Gasteiger partial charge in [0.25, 0.3) is 0 Å². The normalized spacial score (nSPS) is 14.1. The Morgan fingerprint density at radius 2 is 1.10 bits per heavy atom. The smallest absolute Gasteiger partial charge is 0.213 e. The summed E-state index contributed by atoms with van der Waals surface area (Å²) in [6, 6.07) is 30.1. The van der Waals surface area contributed by atoms with E-state index in [1.54, 1.807) is 0 Å². The number of hydrogen-bond acceptors (Lipinski definition) is 2. The van der Waals surface area contributed by atoms with Crippen molar-refractivity contribution in [1.82, 2.24) is 0 Å². The maximum atomic E-state index is 6.87. The quantitative estimate of drug-likeness (QED) is 0.194. The highest BCUT2D eigenvalue weighted by Gasteiger charge is 2.42. The molecule has 226 valence electrons. The number of benzene rings is 3. The molecular formula is C39H58O2. The summed E-state index contributed by atoms with van der Waals surface area (Å²) in [7, 11) is 0. The lowest BCUT2D eigenvalue weighted by Crippen LogP contribution is -2.45. The van der Waals surface area contributed by atoms with Crippen molar-refractivity contribution < 1.29 is 9.47 Å². The van der Waals surface area contributed by atoms with E-state index in [-0.39, 0.29) is 11.5 Å². The molecule has 0 fully saturated rings. The molecule has 2 nitrogen and oxygen atoms in total. The van der Waals surface area contributed by atoms with Crippen molar-refractivity contribution in [3.8, 4) is 5.75 Å². The van der Waals surface area contributed by atoms with E-state index in [1.807, 2.05) is 0 Å². The highest BCUT2D eigenvalue weighted by molar-refractivity contribution is 5.40. The Hall–Kier alpha value is -2.58. The number of ether oxygens (including phenoxy) is 2. The van der Waals surface area contributed by atoms with Crippen LogP contribution < -0.4 is 4.74 Å². The van der Waals surface area contributed by atoms with Gasteiger partial charge in [-0.1, -0.05) is 148 Å². The molecule has 0 saturated carbocycles. The van der Waals surface area contributed by atoms with Crippen molar-refractivity contribution in [2.45, 2.75) is 125 Å². The minimum atomic E-state index is -0.488. The van der Waals surface area contributed by atoms with Crippen molar-refractivity contribution in [1.29, 1.82) is 0 Å². The van der Waals surface area contributed by atoms with Gasteiger partial charge in [0.15, 0.2) is 0 Å². The number of rotatable bonds is 13. The standard InChI is InChI=1S/C35H48O2.C4H10/c1-8-17-30(10-3)36-33(35(7,28-19-13-11-14-20-28)29-21-15-12-16-22-29)37-31-25-23-27(24-26-31)32(18-9-2)34(4,5)6;1-4(2)3/h11-16,19-26,30,32-33H,8-10,17-18H2,1-7H3;4H,1-3H3. The molecule has 0 radical (unpaired) electrons. The first-order chi connectivity index (χ1) is 19.5. The van der Waals surface area contributed by atoms with Crippen LogP contribution in [0.3, 0.4) is 0 Å². The summed E-state index contributed by atoms with van der Waals surface area (Å²) < 4.78 is 13.7. The molecule has 3 aromatic carbocycles. The van der Waals surface area contributed by atoms with E-state index >= 15 is 0 Å². The van der Waals surface area contributed by atoms with Crippen molar-refractivity contribution >= 4 is 0 Å². The zero-order valence-electron chi connectivity index (χ0n) is 27.7. The van der Waals surface area contributed by atoms with E-state index in [0.29, 0.717) is 5.92 Å². The molecule has 3 aromatic rings. The molecule has 3 unspecified atom stereocenters. The van der Waals surface area contributed by atoms with Crippen LogP contribution in [0, 0.1) is 11.3 Å². The summed E-state index contributed by atoms with van der Waals surface area (Å²) in [6.45, 7) is 22.5. The van der Waals surface area contributed by atoms with Crippen molar-refractivity contribution in [2.75, 3.05) is 0 Å². The second-order valence-corrected chi connectivity index (χ2v) is 13.3. The monoisotopic (exact) mass is 558 g/mol. The van der Waals surface area contributed by atoms with E-state index in [1.165, 1.54) is 29.5 Å². The van der Waals surface area contributed by atoms with Crippen LogP contribution in [0.25, 0.3) is 0 Å². The molecule has 3 rings (SSSR count). The Bertz CT molecular complexity index is 1040. The molecule has 0 aliphatic rings. The van der Waals surface area contributed by atoms with E-state index in [2.05, 4.69) is 154 Å². The molecule has 0 saturated heterocycles. The van der Waals surface area contributed by atoms with E-state index in [0.717, 1.165) is 30.9 Å². The molecule has 0 aliphatic heterocycles. The SMILES string of the molecule is CC(C)C.CCCC(CC)OC(Oc1ccc(C(CCC)C(C)(C)C)cc1)C(C)(c1ccccc1)c1ccccc1. The van der Waals surface area contributed by atoms with Crippen molar-refractivity contribution in [3.63, 3.8) is 0 Å². The molecule has 41 heavy (non-hydrogen) atoms. The van der Waals surface area contributed by atoms with Gasteiger partial charge in [0, 0.05) is 0 Å². The molecule has 2 heteroatoms. The first-order valence-corrected chi connectivity index (χ1v) is 16.0. The van der Waals surface area contributed by atoms with E-state index < -0.39 is 11.7 Å². The molecular weight excluding hydrogens is 500 g/mol. The maximum Gasteiger partial charge on any atom is 0.213 e. The van der Waals surface area contributed by atoms with Gasteiger partial charge in [-0.15, -0.1) is 0 Å². The minimum Gasteiger partial charge on any atom is -0.464 e. The van der Waals surface area contributed by atoms with Gasteiger partial charge in [0.05, 0.1) is 11.5 Å². The summed E-state index contributed by atoms with van der Waals surface area (Å²) >= 11 is 0. The van der Waals surface area contributed by atoms with Crippen LogP contribution in [-0.4, -0.2) is 12.4 Å². The van der Waals surface area contributed by atoms with Gasteiger partial charge in [0.1, 0.15) is 5.75 Å². The topological polar surface area (TPSA) is 18.5 Å². The maximum absolute atomic E-state index is 6.87. The molecule has 0 amide bonds. The van der Waals surface area contributed by atoms with Crippen LogP contribution in [0.4, 0.5) is 0 Å². The fourth-order valence-electron chi connectivity index (χ4n) is 5.45. The average Bonchev–Trinajstić information content (AvgIpc) is 2.95. The summed E-state index contributed by atoms with van der Waals surface area (Å²) in [5, 5.41) is 0. The highest BCUT2D eigenvalue weighted by atomic mass is 16.7. The van der Waals surface area contributed by atoms with Crippen LogP contribution in [0.1, 0.15) is 124 Å². The first kappa shape index (κ1) is 34.6. The van der Waals surface area contributed by atoms with Gasteiger partial charge in [-0.05, 0) is 72.3 Å².